The molecule has 0 fully saturated rings. The average molecular weight is 413 g/mol. The van der Waals surface area contributed by atoms with Gasteiger partial charge in [-0.3, -0.25) is 10.2 Å². The van der Waals surface area contributed by atoms with Gasteiger partial charge in [-0.1, -0.05) is 11.6 Å². The molecule has 2 N–H and O–H groups in total. The highest BCUT2D eigenvalue weighted by Crippen LogP contribution is 2.27. The average Bonchev–Trinajstić information content (AvgIpc) is 2.62. The summed E-state index contributed by atoms with van der Waals surface area (Å²) in [5.41, 5.74) is 3.71. The monoisotopic (exact) mass is 412 g/mol. The number of hydrazine groups is 1. The van der Waals surface area contributed by atoms with Crippen molar-refractivity contribution in [2.75, 3.05) is 7.11 Å². The molecule has 0 heterocycles. The molecule has 2 aromatic rings. The Morgan fingerprint density at radius 3 is 2.19 bits per heavy atom. The predicted octanol–water partition coefficient (Wildman–Crippen LogP) is 2.74. The van der Waals surface area contributed by atoms with E-state index < -0.39 is 22.0 Å². The SMILES string of the molecule is COc1ccc(S(=O)(=O)NNC(=O)[C@@H](C)Oc2c(C)cc(Cl)cc2C)cc1. The van der Waals surface area contributed by atoms with Gasteiger partial charge >= 0.3 is 0 Å². The zero-order valence-corrected chi connectivity index (χ0v) is 16.9. The molecule has 7 nitrogen and oxygen atoms in total. The lowest BCUT2D eigenvalue weighted by Gasteiger charge is -2.18. The van der Waals surface area contributed by atoms with Crippen molar-refractivity contribution in [2.45, 2.75) is 31.8 Å². The maximum Gasteiger partial charge on any atom is 0.275 e. The molecule has 27 heavy (non-hydrogen) atoms. The van der Waals surface area contributed by atoms with Gasteiger partial charge < -0.3 is 9.47 Å². The van der Waals surface area contributed by atoms with E-state index in [0.29, 0.717) is 16.5 Å². The van der Waals surface area contributed by atoms with Crippen molar-refractivity contribution in [2.24, 2.45) is 0 Å². The number of aryl methyl sites for hydroxylation is 2. The van der Waals surface area contributed by atoms with Gasteiger partial charge in [-0.2, -0.15) is 0 Å². The van der Waals surface area contributed by atoms with Gasteiger partial charge in [-0.05, 0) is 68.3 Å². The van der Waals surface area contributed by atoms with Gasteiger partial charge in [0.2, 0.25) is 0 Å². The van der Waals surface area contributed by atoms with Crippen LogP contribution in [0, 0.1) is 13.8 Å². The standard InChI is InChI=1S/C18H21ClN2O5S/c1-11-9-14(19)10-12(2)17(11)26-13(3)18(22)20-21-27(23,24)16-7-5-15(25-4)6-8-16/h5-10,13,21H,1-4H3,(H,20,22)/t13-/m1/s1. The van der Waals surface area contributed by atoms with E-state index in [4.69, 9.17) is 21.1 Å². The number of methoxy groups -OCH3 is 1. The molecular formula is C18H21ClN2O5S. The summed E-state index contributed by atoms with van der Waals surface area (Å²) in [6.45, 7) is 5.14. The molecule has 2 rings (SSSR count). The Bertz CT molecular complexity index is 906. The van der Waals surface area contributed by atoms with Crippen LogP contribution in [-0.4, -0.2) is 27.5 Å². The van der Waals surface area contributed by atoms with E-state index in [2.05, 4.69) is 5.43 Å². The molecule has 0 aromatic heterocycles. The molecule has 0 spiro atoms. The molecule has 0 saturated heterocycles. The Kier molecular flexibility index (Phi) is 6.69. The second kappa shape index (κ2) is 8.60. The van der Waals surface area contributed by atoms with Crippen LogP contribution in [0.2, 0.25) is 5.02 Å². The van der Waals surface area contributed by atoms with Gasteiger partial charge in [0.1, 0.15) is 11.5 Å². The summed E-state index contributed by atoms with van der Waals surface area (Å²) in [5.74, 6) is 0.412. The molecule has 0 unspecified atom stereocenters. The number of sulfonamides is 1. The van der Waals surface area contributed by atoms with Gasteiger partial charge in [0.15, 0.2) is 6.10 Å². The van der Waals surface area contributed by atoms with Crippen LogP contribution < -0.4 is 19.7 Å². The maximum absolute atomic E-state index is 12.2. The molecule has 2 aromatic carbocycles. The number of carbonyl (C=O) groups excluding carboxylic acids is 1. The summed E-state index contributed by atoms with van der Waals surface area (Å²) in [5, 5.41) is 0.571. The third kappa shape index (κ3) is 5.35. The summed E-state index contributed by atoms with van der Waals surface area (Å²) >= 11 is 5.98. The van der Waals surface area contributed by atoms with E-state index in [1.54, 1.807) is 12.1 Å². The molecule has 0 aliphatic carbocycles. The van der Waals surface area contributed by atoms with Crippen LogP contribution in [-0.2, 0) is 14.8 Å². The topological polar surface area (TPSA) is 93.7 Å². The minimum Gasteiger partial charge on any atom is -0.497 e. The largest absolute Gasteiger partial charge is 0.497 e. The first-order valence-corrected chi connectivity index (χ1v) is 9.89. The molecule has 146 valence electrons. The zero-order chi connectivity index (χ0) is 20.2. The van der Waals surface area contributed by atoms with Crippen molar-refractivity contribution >= 4 is 27.5 Å². The minimum atomic E-state index is -3.92. The fourth-order valence-corrected chi connectivity index (χ4v) is 3.52. The van der Waals surface area contributed by atoms with Gasteiger partial charge in [0.05, 0.1) is 12.0 Å². The lowest BCUT2D eigenvalue weighted by Crippen LogP contribution is -2.47. The Morgan fingerprint density at radius 1 is 1.11 bits per heavy atom. The van der Waals surface area contributed by atoms with Crippen molar-refractivity contribution in [3.63, 3.8) is 0 Å². The van der Waals surface area contributed by atoms with Crippen molar-refractivity contribution in [1.82, 2.24) is 10.3 Å². The molecule has 0 radical (unpaired) electrons. The number of halogens is 1. The molecule has 0 aliphatic heterocycles. The van der Waals surface area contributed by atoms with Crippen LogP contribution in [0.15, 0.2) is 41.3 Å². The summed E-state index contributed by atoms with van der Waals surface area (Å²) in [4.78, 5) is 14.2. The zero-order valence-electron chi connectivity index (χ0n) is 15.4. The number of amides is 1. The van der Waals surface area contributed by atoms with Gasteiger partial charge in [-0.25, -0.2) is 8.42 Å². The highest BCUT2D eigenvalue weighted by molar-refractivity contribution is 7.89. The molecule has 0 aliphatic rings. The van der Waals surface area contributed by atoms with E-state index in [1.807, 2.05) is 18.7 Å². The lowest BCUT2D eigenvalue weighted by molar-refractivity contribution is -0.127. The summed E-state index contributed by atoms with van der Waals surface area (Å²) < 4.78 is 35.1. The first-order chi connectivity index (χ1) is 12.6. The highest BCUT2D eigenvalue weighted by atomic mass is 35.5. The van der Waals surface area contributed by atoms with Crippen molar-refractivity contribution in [3.05, 3.63) is 52.5 Å². The number of ether oxygens (including phenoxy) is 2. The molecule has 9 heteroatoms. The summed E-state index contributed by atoms with van der Waals surface area (Å²) in [6.07, 6.45) is -0.929. The summed E-state index contributed by atoms with van der Waals surface area (Å²) in [6, 6.07) is 9.20. The molecular weight excluding hydrogens is 392 g/mol. The Balaban J connectivity index is 2.02. The molecule has 1 atom stereocenters. The fourth-order valence-electron chi connectivity index (χ4n) is 2.35. The van der Waals surface area contributed by atoms with Crippen LogP contribution in [0.5, 0.6) is 11.5 Å². The normalized spacial score (nSPS) is 12.3. The number of nitrogens with one attached hydrogen (secondary N) is 2. The van der Waals surface area contributed by atoms with Gasteiger partial charge in [-0.15, -0.1) is 4.83 Å². The molecule has 1 amide bonds. The molecule has 0 bridgehead atoms. The third-order valence-electron chi connectivity index (χ3n) is 3.77. The smallest absolute Gasteiger partial charge is 0.275 e. The van der Waals surface area contributed by atoms with Crippen molar-refractivity contribution < 1.29 is 22.7 Å². The fraction of sp³-hybridized carbons (Fsp3) is 0.278. The Labute approximate surface area is 163 Å². The van der Waals surface area contributed by atoms with Gasteiger partial charge in [0.25, 0.3) is 15.9 Å². The maximum atomic E-state index is 12.2. The van der Waals surface area contributed by atoms with Crippen LogP contribution in [0.25, 0.3) is 0 Å². The van der Waals surface area contributed by atoms with E-state index in [1.165, 1.54) is 38.3 Å². The van der Waals surface area contributed by atoms with Crippen molar-refractivity contribution in [3.8, 4) is 11.5 Å². The first-order valence-electron chi connectivity index (χ1n) is 8.03. The van der Waals surface area contributed by atoms with E-state index >= 15 is 0 Å². The minimum absolute atomic E-state index is 0.0124. The van der Waals surface area contributed by atoms with Gasteiger partial charge in [0, 0.05) is 5.02 Å². The molecule has 0 saturated carbocycles. The predicted molar refractivity (Wildman–Crippen MR) is 102 cm³/mol. The second-order valence-electron chi connectivity index (χ2n) is 5.90. The third-order valence-corrected chi connectivity index (χ3v) is 5.25. The number of hydrogen-bond donors (Lipinski definition) is 2. The highest BCUT2D eigenvalue weighted by Gasteiger charge is 2.20. The first kappa shape index (κ1) is 21.0. The second-order valence-corrected chi connectivity index (χ2v) is 8.02. The van der Waals surface area contributed by atoms with Crippen molar-refractivity contribution in [1.29, 1.82) is 0 Å². The number of benzene rings is 2. The number of hydrogen-bond acceptors (Lipinski definition) is 5. The number of rotatable bonds is 7. The van der Waals surface area contributed by atoms with E-state index in [9.17, 15) is 13.2 Å². The van der Waals surface area contributed by atoms with Crippen LogP contribution in [0.1, 0.15) is 18.1 Å². The Morgan fingerprint density at radius 2 is 1.67 bits per heavy atom. The van der Waals surface area contributed by atoms with Crippen LogP contribution >= 0.6 is 11.6 Å². The van der Waals surface area contributed by atoms with E-state index in [-0.39, 0.29) is 4.90 Å². The quantitative estimate of drug-likeness (QED) is 0.682. The van der Waals surface area contributed by atoms with Crippen LogP contribution in [0.4, 0.5) is 0 Å². The summed E-state index contributed by atoms with van der Waals surface area (Å²) in [7, 11) is -2.44. The Hall–Kier alpha value is -2.29. The van der Waals surface area contributed by atoms with E-state index in [0.717, 1.165) is 11.1 Å². The van der Waals surface area contributed by atoms with Crippen LogP contribution in [0.3, 0.4) is 0 Å². The number of carbonyl (C=O) groups is 1. The lowest BCUT2D eigenvalue weighted by atomic mass is 10.1.